The number of hydrogen-bond acceptors (Lipinski definition) is 6. The Kier molecular flexibility index (Phi) is 3.91. The lowest BCUT2D eigenvalue weighted by Crippen LogP contribution is -2.50. The molecule has 2 aromatic heterocycles. The van der Waals surface area contributed by atoms with Gasteiger partial charge < -0.3 is 19.8 Å². The molecular formula is C20H21FN4O3S. The van der Waals surface area contributed by atoms with E-state index in [1.165, 1.54) is 17.4 Å². The summed E-state index contributed by atoms with van der Waals surface area (Å²) < 4.78 is 17.3. The second kappa shape index (κ2) is 6.17. The van der Waals surface area contributed by atoms with E-state index < -0.39 is 17.2 Å². The predicted molar refractivity (Wildman–Crippen MR) is 112 cm³/mol. The Labute approximate surface area is 170 Å². The van der Waals surface area contributed by atoms with Gasteiger partial charge in [-0.3, -0.25) is 9.20 Å². The molecule has 1 N–H and O–H groups in total. The van der Waals surface area contributed by atoms with Crippen LogP contribution in [-0.4, -0.2) is 60.1 Å². The van der Waals surface area contributed by atoms with Gasteiger partial charge in [-0.05, 0) is 20.0 Å². The molecule has 4 heterocycles. The molecule has 152 valence electrons. The maximum absolute atomic E-state index is 15.4. The third-order valence-corrected chi connectivity index (χ3v) is 7.18. The van der Waals surface area contributed by atoms with Gasteiger partial charge in [-0.2, -0.15) is 0 Å². The number of carbonyl (C=O) groups is 1. The highest BCUT2D eigenvalue weighted by molar-refractivity contribution is 7.16. The first kappa shape index (κ1) is 18.4. The zero-order chi connectivity index (χ0) is 20.6. The number of carboxylic acid groups (broad SMARTS) is 1. The van der Waals surface area contributed by atoms with E-state index in [-0.39, 0.29) is 17.0 Å². The average molecular weight is 416 g/mol. The van der Waals surface area contributed by atoms with Gasteiger partial charge >= 0.3 is 5.97 Å². The van der Waals surface area contributed by atoms with Gasteiger partial charge in [0.15, 0.2) is 0 Å². The number of likely N-dealkylation sites (N-methyl/N-ethyl adjacent to an activating group) is 1. The number of rotatable bonds is 2. The minimum absolute atomic E-state index is 0.115. The molecule has 1 atom stereocenters. The number of aromatic carboxylic acids is 1. The number of hydrogen-bond donors (Lipinski definition) is 1. The summed E-state index contributed by atoms with van der Waals surface area (Å²) in [5, 5.41) is 11.6. The quantitative estimate of drug-likeness (QED) is 0.692. The number of nitrogens with zero attached hydrogens (tertiary/aromatic N) is 4. The molecule has 1 aromatic carbocycles. The molecule has 0 aliphatic carbocycles. The minimum Gasteiger partial charge on any atom is -0.477 e. The van der Waals surface area contributed by atoms with Crippen molar-refractivity contribution in [3.05, 3.63) is 38.7 Å². The molecule has 7 nitrogen and oxygen atoms in total. The van der Waals surface area contributed by atoms with Crippen LogP contribution in [0.1, 0.15) is 23.0 Å². The third-order valence-electron chi connectivity index (χ3n) is 6.18. The van der Waals surface area contributed by atoms with Crippen LogP contribution in [-0.2, 0) is 6.54 Å². The highest BCUT2D eigenvalue weighted by Crippen LogP contribution is 2.43. The first-order chi connectivity index (χ1) is 13.8. The number of piperazine rings is 1. The molecule has 0 spiro atoms. The topological polar surface area (TPSA) is 68.5 Å². The molecule has 5 rings (SSSR count). The van der Waals surface area contributed by atoms with Crippen molar-refractivity contribution in [1.82, 2.24) is 9.30 Å². The Morgan fingerprint density at radius 3 is 2.72 bits per heavy atom. The van der Waals surface area contributed by atoms with Gasteiger partial charge in [-0.1, -0.05) is 0 Å². The van der Waals surface area contributed by atoms with Crippen LogP contribution in [0.25, 0.3) is 15.7 Å². The number of carboxylic acids is 1. The second-order valence-corrected chi connectivity index (χ2v) is 8.82. The first-order valence-electron chi connectivity index (χ1n) is 9.50. The van der Waals surface area contributed by atoms with Crippen molar-refractivity contribution in [2.45, 2.75) is 19.5 Å². The fourth-order valence-electron chi connectivity index (χ4n) is 4.56. The summed E-state index contributed by atoms with van der Waals surface area (Å²) in [5.41, 5.74) is 1.74. The number of thiazole rings is 1. The summed E-state index contributed by atoms with van der Waals surface area (Å²) in [5.74, 6) is -1.76. The predicted octanol–water partition coefficient (Wildman–Crippen LogP) is 2.44. The van der Waals surface area contributed by atoms with Crippen LogP contribution >= 0.6 is 11.3 Å². The molecule has 3 aromatic rings. The van der Waals surface area contributed by atoms with Crippen molar-refractivity contribution >= 4 is 44.4 Å². The molecule has 1 fully saturated rings. The zero-order valence-corrected chi connectivity index (χ0v) is 17.2. The van der Waals surface area contributed by atoms with Crippen molar-refractivity contribution in [2.24, 2.45) is 0 Å². The second-order valence-electron chi connectivity index (χ2n) is 7.96. The normalized spacial score (nSPS) is 19.7. The van der Waals surface area contributed by atoms with Gasteiger partial charge in [-0.15, -0.1) is 11.3 Å². The maximum Gasteiger partial charge on any atom is 0.342 e. The van der Waals surface area contributed by atoms with Crippen molar-refractivity contribution in [3.8, 4) is 0 Å². The molecule has 0 bridgehead atoms. The highest BCUT2D eigenvalue weighted by atomic mass is 32.1. The summed E-state index contributed by atoms with van der Waals surface area (Å²) in [6.45, 7) is 4.81. The standard InChI is InChI=1S/C20H21FN4O3S/c1-10-7-24(5-4-22(10)2)16-13(21)6-12-15-17(16)23(3)8-11-9-29-19(25(11)15)14(18(12)26)20(27)28/h6,9-10H,4-5,7-8H2,1-3H3,(H,27,28). The van der Waals surface area contributed by atoms with E-state index >= 15 is 4.39 Å². The lowest BCUT2D eigenvalue weighted by molar-refractivity contribution is 0.0697. The van der Waals surface area contributed by atoms with Gasteiger partial charge in [0, 0.05) is 38.1 Å². The van der Waals surface area contributed by atoms with Crippen LogP contribution in [0.4, 0.5) is 15.8 Å². The first-order valence-corrected chi connectivity index (χ1v) is 10.4. The molecule has 1 saturated heterocycles. The van der Waals surface area contributed by atoms with E-state index in [0.29, 0.717) is 41.4 Å². The SMILES string of the molecule is CC1CN(c2c(F)cc3c(=O)c(C(=O)O)c4scc5n4c3c2N(C)C5)CCN1C. The molecule has 2 aliphatic rings. The van der Waals surface area contributed by atoms with Crippen LogP contribution in [0.15, 0.2) is 16.2 Å². The Morgan fingerprint density at radius 2 is 2.03 bits per heavy atom. The monoisotopic (exact) mass is 416 g/mol. The van der Waals surface area contributed by atoms with Crippen molar-refractivity contribution in [2.75, 3.05) is 43.5 Å². The number of benzene rings is 1. The van der Waals surface area contributed by atoms with Gasteiger partial charge in [-0.25, -0.2) is 9.18 Å². The Bertz CT molecular complexity index is 1250. The Morgan fingerprint density at radius 1 is 1.28 bits per heavy atom. The van der Waals surface area contributed by atoms with Crippen molar-refractivity contribution < 1.29 is 14.3 Å². The zero-order valence-electron chi connectivity index (χ0n) is 16.4. The largest absolute Gasteiger partial charge is 0.477 e. The van der Waals surface area contributed by atoms with E-state index in [4.69, 9.17) is 0 Å². The van der Waals surface area contributed by atoms with Gasteiger partial charge in [0.1, 0.15) is 16.2 Å². The molecule has 2 aliphatic heterocycles. The van der Waals surface area contributed by atoms with Crippen LogP contribution in [0.5, 0.6) is 0 Å². The molecule has 0 amide bonds. The van der Waals surface area contributed by atoms with E-state index in [1.54, 1.807) is 0 Å². The molecule has 9 heteroatoms. The fraction of sp³-hybridized carbons (Fsp3) is 0.400. The molecule has 1 unspecified atom stereocenters. The number of aromatic nitrogens is 1. The summed E-state index contributed by atoms with van der Waals surface area (Å²) in [7, 11) is 3.95. The highest BCUT2D eigenvalue weighted by Gasteiger charge is 2.33. The Balaban J connectivity index is 1.89. The van der Waals surface area contributed by atoms with Crippen LogP contribution in [0, 0.1) is 5.82 Å². The lowest BCUT2D eigenvalue weighted by Gasteiger charge is -2.41. The summed E-state index contributed by atoms with van der Waals surface area (Å²) in [6, 6.07) is 1.49. The van der Waals surface area contributed by atoms with E-state index in [9.17, 15) is 14.7 Å². The maximum atomic E-state index is 15.4. The number of pyridine rings is 1. The van der Waals surface area contributed by atoms with E-state index in [0.717, 1.165) is 12.2 Å². The summed E-state index contributed by atoms with van der Waals surface area (Å²) >= 11 is 1.25. The van der Waals surface area contributed by atoms with Crippen LogP contribution < -0.4 is 15.2 Å². The van der Waals surface area contributed by atoms with Gasteiger partial charge in [0.05, 0.1) is 34.5 Å². The number of halogens is 1. The average Bonchev–Trinajstić information content (AvgIpc) is 3.06. The smallest absolute Gasteiger partial charge is 0.342 e. The van der Waals surface area contributed by atoms with Crippen molar-refractivity contribution in [3.63, 3.8) is 0 Å². The Hall–Kier alpha value is -2.65. The lowest BCUT2D eigenvalue weighted by atomic mass is 10.0. The molecular weight excluding hydrogens is 395 g/mol. The fourth-order valence-corrected chi connectivity index (χ4v) is 5.60. The third kappa shape index (κ3) is 2.43. The molecule has 29 heavy (non-hydrogen) atoms. The summed E-state index contributed by atoms with van der Waals surface area (Å²) in [6.07, 6.45) is 0. The van der Waals surface area contributed by atoms with Crippen LogP contribution in [0.2, 0.25) is 0 Å². The van der Waals surface area contributed by atoms with Crippen LogP contribution in [0.3, 0.4) is 0 Å². The number of anilines is 2. The molecule has 0 saturated carbocycles. The van der Waals surface area contributed by atoms with E-state index in [2.05, 4.69) is 18.9 Å². The van der Waals surface area contributed by atoms with Crippen molar-refractivity contribution in [1.29, 1.82) is 0 Å². The minimum atomic E-state index is -1.28. The van der Waals surface area contributed by atoms with E-state index in [1.807, 2.05) is 26.6 Å². The van der Waals surface area contributed by atoms with Gasteiger partial charge in [0.2, 0.25) is 5.43 Å². The molecule has 0 radical (unpaired) electrons. The van der Waals surface area contributed by atoms with Gasteiger partial charge in [0.25, 0.3) is 0 Å². The summed E-state index contributed by atoms with van der Waals surface area (Å²) in [4.78, 5) is 31.5.